The predicted molar refractivity (Wildman–Crippen MR) is 91.0 cm³/mol. The maximum Gasteiger partial charge on any atom is 0.387 e. The van der Waals surface area contributed by atoms with Gasteiger partial charge in [0.15, 0.2) is 0 Å². The summed E-state index contributed by atoms with van der Waals surface area (Å²) in [5.41, 5.74) is 3.75. The highest BCUT2D eigenvalue weighted by atomic mass is 19.3. The van der Waals surface area contributed by atoms with Gasteiger partial charge < -0.3 is 15.2 Å². The monoisotopic (exact) mass is 349 g/mol. The molecule has 0 aliphatic rings. The van der Waals surface area contributed by atoms with E-state index in [4.69, 9.17) is 0 Å². The maximum absolute atomic E-state index is 12.4. The lowest BCUT2D eigenvalue weighted by Gasteiger charge is -2.15. The zero-order valence-corrected chi connectivity index (χ0v) is 14.3. The van der Waals surface area contributed by atoms with Crippen LogP contribution in [0.5, 0.6) is 5.75 Å². The summed E-state index contributed by atoms with van der Waals surface area (Å²) in [6.45, 7) is 2.70. The Bertz CT molecular complexity index is 739. The summed E-state index contributed by atoms with van der Waals surface area (Å²) in [6, 6.07) is 9.63. The number of halogens is 2. The average Bonchev–Trinajstić information content (AvgIpc) is 2.51. The first-order valence-corrected chi connectivity index (χ1v) is 7.87. The van der Waals surface area contributed by atoms with E-state index in [1.807, 2.05) is 32.9 Å². The highest BCUT2D eigenvalue weighted by Gasteiger charge is 2.16. The van der Waals surface area contributed by atoms with Gasteiger partial charge >= 0.3 is 6.61 Å². The predicted octanol–water partition coefficient (Wildman–Crippen LogP) is 3.68. The van der Waals surface area contributed by atoms with Gasteiger partial charge in [0, 0.05) is 12.1 Å². The fraction of sp³-hybridized carbons (Fsp3) is 0.316. The van der Waals surface area contributed by atoms with Crippen LogP contribution in [0.1, 0.15) is 38.7 Å². The van der Waals surface area contributed by atoms with Crippen molar-refractivity contribution in [1.29, 1.82) is 0 Å². The number of hydrogen-bond donors (Lipinski definition) is 2. The van der Waals surface area contributed by atoms with Gasteiger partial charge in [0.05, 0.1) is 6.10 Å². The lowest BCUT2D eigenvalue weighted by molar-refractivity contribution is -0.0499. The van der Waals surface area contributed by atoms with Gasteiger partial charge in [-0.15, -0.1) is 0 Å². The van der Waals surface area contributed by atoms with Gasteiger partial charge in [0.25, 0.3) is 5.91 Å². The minimum Gasteiger partial charge on any atom is -0.435 e. The highest BCUT2D eigenvalue weighted by molar-refractivity contribution is 5.97. The topological polar surface area (TPSA) is 58.6 Å². The minimum atomic E-state index is -2.93. The molecule has 1 atom stereocenters. The Morgan fingerprint density at radius 3 is 2.40 bits per heavy atom. The summed E-state index contributed by atoms with van der Waals surface area (Å²) in [6.07, 6.45) is -1.03. The number of benzene rings is 2. The Morgan fingerprint density at radius 2 is 1.80 bits per heavy atom. The van der Waals surface area contributed by atoms with Crippen molar-refractivity contribution in [1.82, 2.24) is 5.32 Å². The highest BCUT2D eigenvalue weighted by Crippen LogP contribution is 2.21. The first-order valence-electron chi connectivity index (χ1n) is 7.87. The smallest absolute Gasteiger partial charge is 0.387 e. The fourth-order valence-corrected chi connectivity index (χ4v) is 2.83. The lowest BCUT2D eigenvalue weighted by Crippen LogP contribution is -2.29. The molecule has 0 fully saturated rings. The standard InChI is InChI=1S/C19H21F2NO3/c1-11-7-12(2)17(13(3)8-11)18(24)22-10-16(23)14-5-4-6-15(9-14)25-19(20)21/h4-9,16,19,23H,10H2,1-3H3,(H,22,24). The van der Waals surface area contributed by atoms with Gasteiger partial charge in [-0.05, 0) is 49.6 Å². The average molecular weight is 349 g/mol. The fourth-order valence-electron chi connectivity index (χ4n) is 2.83. The molecule has 0 saturated heterocycles. The second kappa shape index (κ2) is 8.07. The maximum atomic E-state index is 12.4. The zero-order valence-electron chi connectivity index (χ0n) is 14.3. The third kappa shape index (κ3) is 5.00. The van der Waals surface area contributed by atoms with Gasteiger partial charge in [0.1, 0.15) is 5.75 Å². The molecule has 1 unspecified atom stereocenters. The van der Waals surface area contributed by atoms with Crippen LogP contribution in [0.4, 0.5) is 8.78 Å². The molecule has 6 heteroatoms. The molecule has 25 heavy (non-hydrogen) atoms. The van der Waals surface area contributed by atoms with Crippen molar-refractivity contribution in [3.8, 4) is 5.75 Å². The van der Waals surface area contributed by atoms with Crippen molar-refractivity contribution in [2.24, 2.45) is 0 Å². The molecule has 2 aromatic rings. The Hall–Kier alpha value is -2.47. The zero-order chi connectivity index (χ0) is 18.6. The molecule has 0 bridgehead atoms. The van der Waals surface area contributed by atoms with Gasteiger partial charge in [-0.3, -0.25) is 4.79 Å². The summed E-state index contributed by atoms with van der Waals surface area (Å²) in [5, 5.41) is 12.9. The molecule has 0 saturated carbocycles. The number of carbonyl (C=O) groups excluding carboxylic acids is 1. The van der Waals surface area contributed by atoms with Crippen molar-refractivity contribution in [3.63, 3.8) is 0 Å². The number of carbonyl (C=O) groups is 1. The summed E-state index contributed by atoms with van der Waals surface area (Å²) < 4.78 is 28.8. The van der Waals surface area contributed by atoms with Crippen LogP contribution < -0.4 is 10.1 Å². The largest absolute Gasteiger partial charge is 0.435 e. The van der Waals surface area contributed by atoms with Crippen LogP contribution in [0.25, 0.3) is 0 Å². The molecule has 1 amide bonds. The second-order valence-corrected chi connectivity index (χ2v) is 5.95. The summed E-state index contributed by atoms with van der Waals surface area (Å²) in [5.74, 6) is -0.322. The Balaban J connectivity index is 2.05. The molecule has 0 aromatic heterocycles. The van der Waals surface area contributed by atoms with Crippen LogP contribution in [0.15, 0.2) is 36.4 Å². The SMILES string of the molecule is Cc1cc(C)c(C(=O)NCC(O)c2cccc(OC(F)F)c2)c(C)c1. The molecule has 0 heterocycles. The van der Waals surface area contributed by atoms with Crippen LogP contribution >= 0.6 is 0 Å². The number of aliphatic hydroxyl groups excluding tert-OH is 1. The summed E-state index contributed by atoms with van der Waals surface area (Å²) in [7, 11) is 0. The number of rotatable bonds is 6. The lowest BCUT2D eigenvalue weighted by atomic mass is 9.99. The van der Waals surface area contributed by atoms with Gasteiger partial charge in [-0.25, -0.2) is 0 Å². The number of aliphatic hydroxyl groups is 1. The first kappa shape index (κ1) is 18.9. The van der Waals surface area contributed by atoms with E-state index in [0.717, 1.165) is 16.7 Å². The van der Waals surface area contributed by atoms with Gasteiger partial charge in [0.2, 0.25) is 0 Å². The Labute approximate surface area is 145 Å². The number of hydrogen-bond acceptors (Lipinski definition) is 3. The first-order chi connectivity index (χ1) is 11.8. The van der Waals surface area contributed by atoms with Crippen molar-refractivity contribution >= 4 is 5.91 Å². The molecular weight excluding hydrogens is 328 g/mol. The van der Waals surface area contributed by atoms with E-state index in [1.54, 1.807) is 6.07 Å². The Kier molecular flexibility index (Phi) is 6.09. The van der Waals surface area contributed by atoms with E-state index in [0.29, 0.717) is 11.1 Å². The molecule has 0 spiro atoms. The molecule has 0 aliphatic carbocycles. The van der Waals surface area contributed by atoms with E-state index in [1.165, 1.54) is 18.2 Å². The molecular formula is C19H21F2NO3. The molecule has 2 rings (SSSR count). The van der Waals surface area contributed by atoms with E-state index in [9.17, 15) is 18.7 Å². The van der Waals surface area contributed by atoms with Crippen molar-refractivity contribution < 1.29 is 23.4 Å². The molecule has 4 nitrogen and oxygen atoms in total. The number of nitrogens with one attached hydrogen (secondary N) is 1. The number of ether oxygens (including phenoxy) is 1. The van der Waals surface area contributed by atoms with Crippen molar-refractivity contribution in [2.45, 2.75) is 33.5 Å². The minimum absolute atomic E-state index is 0.0380. The number of amides is 1. The van der Waals surface area contributed by atoms with Crippen LogP contribution in [0.2, 0.25) is 0 Å². The van der Waals surface area contributed by atoms with E-state index >= 15 is 0 Å². The van der Waals surface area contributed by atoms with E-state index < -0.39 is 12.7 Å². The van der Waals surface area contributed by atoms with Crippen molar-refractivity contribution in [2.75, 3.05) is 6.54 Å². The van der Waals surface area contributed by atoms with E-state index in [-0.39, 0.29) is 18.2 Å². The second-order valence-electron chi connectivity index (χ2n) is 5.95. The number of aryl methyl sites for hydroxylation is 3. The molecule has 2 aromatic carbocycles. The molecule has 2 N–H and O–H groups in total. The van der Waals surface area contributed by atoms with Crippen LogP contribution in [0, 0.1) is 20.8 Å². The normalized spacial score (nSPS) is 12.1. The van der Waals surface area contributed by atoms with Crippen LogP contribution in [-0.2, 0) is 0 Å². The third-order valence-corrected chi connectivity index (χ3v) is 3.83. The molecule has 134 valence electrons. The van der Waals surface area contributed by atoms with Gasteiger partial charge in [-0.1, -0.05) is 29.8 Å². The quantitative estimate of drug-likeness (QED) is 0.836. The van der Waals surface area contributed by atoms with Crippen LogP contribution in [0.3, 0.4) is 0 Å². The molecule has 0 radical (unpaired) electrons. The summed E-state index contributed by atoms with van der Waals surface area (Å²) >= 11 is 0. The van der Waals surface area contributed by atoms with E-state index in [2.05, 4.69) is 10.1 Å². The third-order valence-electron chi connectivity index (χ3n) is 3.83. The van der Waals surface area contributed by atoms with Crippen molar-refractivity contribution in [3.05, 3.63) is 64.2 Å². The van der Waals surface area contributed by atoms with Crippen LogP contribution in [-0.4, -0.2) is 24.2 Å². The molecule has 0 aliphatic heterocycles. The Morgan fingerprint density at radius 1 is 1.16 bits per heavy atom. The summed E-state index contributed by atoms with van der Waals surface area (Å²) in [4.78, 5) is 12.4. The van der Waals surface area contributed by atoms with Gasteiger partial charge in [-0.2, -0.15) is 8.78 Å². The number of alkyl halides is 2.